The van der Waals surface area contributed by atoms with E-state index in [0.717, 1.165) is 25.7 Å². The van der Waals surface area contributed by atoms with Gasteiger partial charge in [-0.05, 0) is 12.8 Å². The van der Waals surface area contributed by atoms with E-state index in [0.29, 0.717) is 0 Å². The predicted molar refractivity (Wildman–Crippen MR) is 75.1 cm³/mol. The molecule has 1 heterocycles. The van der Waals surface area contributed by atoms with Crippen molar-refractivity contribution < 1.29 is 14.5 Å². The van der Waals surface area contributed by atoms with Gasteiger partial charge < -0.3 is 10.1 Å². The molecule has 0 aromatic carbocycles. The van der Waals surface area contributed by atoms with Gasteiger partial charge in [-0.15, -0.1) is 5.10 Å². The Morgan fingerprint density at radius 1 is 1.48 bits per heavy atom. The lowest BCUT2D eigenvalue weighted by Gasteiger charge is -2.15. The lowest BCUT2D eigenvalue weighted by atomic mass is 10.1. The van der Waals surface area contributed by atoms with Crippen molar-refractivity contribution in [1.29, 1.82) is 0 Å². The zero-order valence-electron chi connectivity index (χ0n) is 12.1. The summed E-state index contributed by atoms with van der Waals surface area (Å²) in [5.74, 6) is -0.260. The number of aromatic nitrogens is 2. The summed E-state index contributed by atoms with van der Waals surface area (Å²) >= 11 is 0. The maximum atomic E-state index is 12.0. The number of carbonyl (C=O) groups excluding carboxylic acids is 1. The summed E-state index contributed by atoms with van der Waals surface area (Å²) in [5, 5.41) is 17.7. The van der Waals surface area contributed by atoms with E-state index < -0.39 is 4.92 Å². The van der Waals surface area contributed by atoms with Crippen LogP contribution >= 0.6 is 0 Å². The molecule has 8 nitrogen and oxygen atoms in total. The monoisotopic (exact) mass is 296 g/mol. The third-order valence-electron chi connectivity index (χ3n) is 3.63. The van der Waals surface area contributed by atoms with Gasteiger partial charge in [0.15, 0.2) is 0 Å². The van der Waals surface area contributed by atoms with Crippen molar-refractivity contribution in [2.45, 2.75) is 51.1 Å². The normalized spacial score (nSPS) is 16.2. The fraction of sp³-hybridized carbons (Fsp3) is 0.692. The molecule has 1 aromatic rings. The summed E-state index contributed by atoms with van der Waals surface area (Å²) in [7, 11) is 1.31. The molecule has 8 heteroatoms. The molecule has 2 rings (SSSR count). The van der Waals surface area contributed by atoms with Crippen LogP contribution in [0.2, 0.25) is 0 Å². The maximum absolute atomic E-state index is 12.0. The number of nitrogens with zero attached hydrogens (tertiary/aromatic N) is 3. The highest BCUT2D eigenvalue weighted by Crippen LogP contribution is 2.23. The summed E-state index contributed by atoms with van der Waals surface area (Å²) in [6.45, 7) is -0.0410. The van der Waals surface area contributed by atoms with Gasteiger partial charge in [-0.3, -0.25) is 19.6 Å². The topological polar surface area (TPSA) is 99.3 Å². The number of methoxy groups -OCH3 is 1. The van der Waals surface area contributed by atoms with Crippen molar-refractivity contribution in [2.24, 2.45) is 0 Å². The first kappa shape index (κ1) is 15.3. The predicted octanol–water partition coefficient (Wildman–Crippen LogP) is 1.64. The van der Waals surface area contributed by atoms with Gasteiger partial charge >= 0.3 is 11.6 Å². The summed E-state index contributed by atoms with van der Waals surface area (Å²) < 4.78 is 6.07. The number of amides is 1. The molecular formula is C13H20N4O4. The number of nitro groups is 1. The van der Waals surface area contributed by atoms with Crippen LogP contribution in [0.15, 0.2) is 6.20 Å². The Bertz CT molecular complexity index is 506. The molecule has 1 fully saturated rings. The van der Waals surface area contributed by atoms with Crippen LogP contribution in [0.5, 0.6) is 5.88 Å². The number of hydrogen-bond acceptors (Lipinski definition) is 5. The molecule has 0 aliphatic heterocycles. The molecule has 0 bridgehead atoms. The van der Waals surface area contributed by atoms with Gasteiger partial charge in [0.25, 0.3) is 0 Å². The molecule has 1 aliphatic carbocycles. The second-order valence-corrected chi connectivity index (χ2v) is 5.23. The van der Waals surface area contributed by atoms with E-state index in [1.807, 2.05) is 0 Å². The molecule has 0 atom stereocenters. The largest absolute Gasteiger partial charge is 0.475 e. The minimum absolute atomic E-state index is 0.0410. The number of hydrogen-bond donors (Lipinski definition) is 1. The Hall–Kier alpha value is -2.12. The van der Waals surface area contributed by atoms with Crippen LogP contribution < -0.4 is 10.1 Å². The van der Waals surface area contributed by atoms with Crippen LogP contribution in [0, 0.1) is 10.1 Å². The van der Waals surface area contributed by atoms with Gasteiger partial charge in [-0.25, -0.2) is 0 Å². The minimum atomic E-state index is -0.578. The zero-order valence-corrected chi connectivity index (χ0v) is 12.1. The summed E-state index contributed by atoms with van der Waals surface area (Å²) in [5.41, 5.74) is -0.236. The average Bonchev–Trinajstić information content (AvgIpc) is 2.67. The number of nitrogens with one attached hydrogen (secondary N) is 1. The highest BCUT2D eigenvalue weighted by Gasteiger charge is 2.22. The van der Waals surface area contributed by atoms with Crippen LogP contribution in [-0.4, -0.2) is 33.8 Å². The number of carbonyl (C=O) groups is 1. The van der Waals surface area contributed by atoms with Gasteiger partial charge in [0.05, 0.1) is 12.0 Å². The van der Waals surface area contributed by atoms with Crippen molar-refractivity contribution in [3.63, 3.8) is 0 Å². The molecule has 0 radical (unpaired) electrons. The molecular weight excluding hydrogens is 276 g/mol. The molecule has 1 amide bonds. The quantitative estimate of drug-likeness (QED) is 0.506. The Balaban J connectivity index is 1.94. The molecule has 116 valence electrons. The number of ether oxygens (including phenoxy) is 1. The van der Waals surface area contributed by atoms with E-state index in [2.05, 4.69) is 10.4 Å². The fourth-order valence-corrected chi connectivity index (χ4v) is 2.59. The average molecular weight is 296 g/mol. The van der Waals surface area contributed by atoms with Crippen LogP contribution in [-0.2, 0) is 11.3 Å². The van der Waals surface area contributed by atoms with Crippen molar-refractivity contribution >= 4 is 11.6 Å². The third-order valence-corrected chi connectivity index (χ3v) is 3.63. The van der Waals surface area contributed by atoms with Gasteiger partial charge in [0.1, 0.15) is 12.7 Å². The highest BCUT2D eigenvalue weighted by molar-refractivity contribution is 5.76. The van der Waals surface area contributed by atoms with Gasteiger partial charge in [-0.2, -0.15) is 0 Å². The van der Waals surface area contributed by atoms with Gasteiger partial charge in [-0.1, -0.05) is 25.7 Å². The Labute approximate surface area is 122 Å². The van der Waals surface area contributed by atoms with Crippen molar-refractivity contribution in [2.75, 3.05) is 7.11 Å². The van der Waals surface area contributed by atoms with Crippen LogP contribution in [0.25, 0.3) is 0 Å². The molecule has 0 unspecified atom stereocenters. The second kappa shape index (κ2) is 7.05. The molecule has 1 saturated carbocycles. The molecule has 0 spiro atoms. The van der Waals surface area contributed by atoms with E-state index in [1.54, 1.807) is 0 Å². The number of rotatable bonds is 5. The minimum Gasteiger partial charge on any atom is -0.475 e. The summed E-state index contributed by atoms with van der Waals surface area (Å²) in [6, 6.07) is 0.201. The van der Waals surface area contributed by atoms with Crippen molar-refractivity contribution in [3.8, 4) is 5.88 Å². The second-order valence-electron chi connectivity index (χ2n) is 5.23. The highest BCUT2D eigenvalue weighted by atomic mass is 16.6. The third kappa shape index (κ3) is 4.17. The van der Waals surface area contributed by atoms with Crippen LogP contribution in [0.3, 0.4) is 0 Å². The van der Waals surface area contributed by atoms with E-state index in [-0.39, 0.29) is 30.1 Å². The first-order chi connectivity index (χ1) is 10.1. The van der Waals surface area contributed by atoms with E-state index in [4.69, 9.17) is 4.74 Å². The molecule has 1 aromatic heterocycles. The standard InChI is InChI=1S/C13H20N4O4/c1-21-13-11(17(19)20)8-16(15-13)9-12(18)14-10-6-4-2-3-5-7-10/h8,10H,2-7,9H2,1H3,(H,14,18). The Kier molecular flexibility index (Phi) is 5.13. The van der Waals surface area contributed by atoms with Gasteiger partial charge in [0, 0.05) is 6.04 Å². The zero-order chi connectivity index (χ0) is 15.2. The summed E-state index contributed by atoms with van der Waals surface area (Å²) in [4.78, 5) is 22.2. The van der Waals surface area contributed by atoms with Crippen molar-refractivity contribution in [3.05, 3.63) is 16.3 Å². The lowest BCUT2D eigenvalue weighted by Crippen LogP contribution is -2.36. The molecule has 0 saturated heterocycles. The molecule has 1 N–H and O–H groups in total. The van der Waals surface area contributed by atoms with E-state index in [9.17, 15) is 14.9 Å². The molecule has 1 aliphatic rings. The maximum Gasteiger partial charge on any atom is 0.350 e. The SMILES string of the molecule is COc1nn(CC(=O)NC2CCCCCC2)cc1[N+](=O)[O-]. The van der Waals surface area contributed by atoms with E-state index in [1.165, 1.54) is 30.8 Å². The van der Waals surface area contributed by atoms with E-state index >= 15 is 0 Å². The first-order valence-corrected chi connectivity index (χ1v) is 7.15. The van der Waals surface area contributed by atoms with Crippen LogP contribution in [0.4, 0.5) is 5.69 Å². The molecule has 21 heavy (non-hydrogen) atoms. The summed E-state index contributed by atoms with van der Waals surface area (Å²) in [6.07, 6.45) is 7.90. The Morgan fingerprint density at radius 3 is 2.67 bits per heavy atom. The first-order valence-electron chi connectivity index (χ1n) is 7.15. The smallest absolute Gasteiger partial charge is 0.350 e. The Morgan fingerprint density at radius 2 is 2.14 bits per heavy atom. The van der Waals surface area contributed by atoms with Gasteiger partial charge in [0.2, 0.25) is 5.91 Å². The fourth-order valence-electron chi connectivity index (χ4n) is 2.59. The van der Waals surface area contributed by atoms with Crippen molar-refractivity contribution in [1.82, 2.24) is 15.1 Å². The van der Waals surface area contributed by atoms with Crippen LogP contribution in [0.1, 0.15) is 38.5 Å². The lowest BCUT2D eigenvalue weighted by molar-refractivity contribution is -0.385.